The summed E-state index contributed by atoms with van der Waals surface area (Å²) in [6.07, 6.45) is 5.82. The average molecular weight is 348 g/mol. The van der Waals surface area contributed by atoms with Crippen LogP contribution in [0.1, 0.15) is 42.0 Å². The second-order valence-electron chi connectivity index (χ2n) is 6.59. The van der Waals surface area contributed by atoms with Crippen molar-refractivity contribution in [1.82, 2.24) is 0 Å². The number of benzene rings is 2. The van der Waals surface area contributed by atoms with E-state index in [9.17, 15) is 4.79 Å². The molecule has 0 fully saturated rings. The van der Waals surface area contributed by atoms with Crippen molar-refractivity contribution >= 4 is 17.8 Å². The number of aryl methyl sites for hydroxylation is 2. The van der Waals surface area contributed by atoms with Crippen LogP contribution in [0.15, 0.2) is 54.1 Å². The summed E-state index contributed by atoms with van der Waals surface area (Å²) in [7, 11) is 0. The van der Waals surface area contributed by atoms with Gasteiger partial charge in [-0.3, -0.25) is 0 Å². The Morgan fingerprint density at radius 1 is 1.08 bits per heavy atom. The molecule has 3 nitrogen and oxygen atoms in total. The molecule has 0 radical (unpaired) electrons. The second-order valence-corrected chi connectivity index (χ2v) is 6.59. The van der Waals surface area contributed by atoms with Crippen LogP contribution in [0, 0.1) is 13.8 Å². The van der Waals surface area contributed by atoms with Gasteiger partial charge < -0.3 is 9.47 Å². The van der Waals surface area contributed by atoms with Gasteiger partial charge in [-0.15, -0.1) is 0 Å². The molecule has 134 valence electrons. The maximum Gasteiger partial charge on any atom is 0.343 e. The van der Waals surface area contributed by atoms with Crippen LogP contribution in [0.4, 0.5) is 0 Å². The van der Waals surface area contributed by atoms with Gasteiger partial charge in [0, 0.05) is 5.56 Å². The molecular weight excluding hydrogens is 324 g/mol. The third-order valence-electron chi connectivity index (χ3n) is 4.35. The van der Waals surface area contributed by atoms with Gasteiger partial charge >= 0.3 is 5.97 Å². The fourth-order valence-corrected chi connectivity index (χ4v) is 2.80. The monoisotopic (exact) mass is 348 g/mol. The zero-order valence-electron chi connectivity index (χ0n) is 15.5. The largest absolute Gasteiger partial charge is 0.494 e. The summed E-state index contributed by atoms with van der Waals surface area (Å²) in [6.45, 7) is 6.91. The number of hydrogen-bond donors (Lipinski definition) is 0. The summed E-state index contributed by atoms with van der Waals surface area (Å²) in [5, 5.41) is 0. The van der Waals surface area contributed by atoms with Crippen LogP contribution in [0.5, 0.6) is 5.75 Å². The van der Waals surface area contributed by atoms with Gasteiger partial charge in [-0.05, 0) is 61.7 Å². The highest BCUT2D eigenvalue weighted by molar-refractivity contribution is 6.05. The van der Waals surface area contributed by atoms with Gasteiger partial charge in [-0.25, -0.2) is 4.79 Å². The molecule has 0 spiro atoms. The first-order valence-electron chi connectivity index (χ1n) is 9.03. The molecule has 1 heterocycles. The lowest BCUT2D eigenvalue weighted by atomic mass is 10.0. The van der Waals surface area contributed by atoms with Crippen molar-refractivity contribution in [2.45, 2.75) is 33.6 Å². The molecule has 0 aliphatic carbocycles. The first-order valence-corrected chi connectivity index (χ1v) is 9.03. The summed E-state index contributed by atoms with van der Waals surface area (Å²) < 4.78 is 11.2. The number of cyclic esters (lactones) is 1. The van der Waals surface area contributed by atoms with Crippen molar-refractivity contribution in [3.05, 3.63) is 76.4 Å². The summed E-state index contributed by atoms with van der Waals surface area (Å²) in [5.41, 5.74) is 4.68. The fraction of sp³-hybridized carbons (Fsp3) is 0.261. The Hall–Kier alpha value is -2.81. The molecule has 0 saturated carbocycles. The first kappa shape index (κ1) is 18.0. The molecule has 0 bridgehead atoms. The summed E-state index contributed by atoms with van der Waals surface area (Å²) in [4.78, 5) is 12.2. The lowest BCUT2D eigenvalue weighted by Gasteiger charge is -2.06. The fourth-order valence-electron chi connectivity index (χ4n) is 2.80. The van der Waals surface area contributed by atoms with E-state index in [1.54, 1.807) is 0 Å². The minimum absolute atomic E-state index is 0.316. The quantitative estimate of drug-likeness (QED) is 0.395. The topological polar surface area (TPSA) is 35.5 Å². The smallest absolute Gasteiger partial charge is 0.343 e. The molecule has 26 heavy (non-hydrogen) atoms. The first-order chi connectivity index (χ1) is 12.6. The Balaban J connectivity index is 1.79. The Bertz CT molecular complexity index is 858. The number of carbonyl (C=O) groups is 1. The summed E-state index contributed by atoms with van der Waals surface area (Å²) in [5.74, 6) is 1.15. The van der Waals surface area contributed by atoms with Crippen molar-refractivity contribution < 1.29 is 14.3 Å². The van der Waals surface area contributed by atoms with Crippen LogP contribution in [0.25, 0.3) is 11.8 Å². The van der Waals surface area contributed by atoms with Gasteiger partial charge in [0.15, 0.2) is 0 Å². The van der Waals surface area contributed by atoms with E-state index in [0.717, 1.165) is 47.5 Å². The van der Waals surface area contributed by atoms with Crippen molar-refractivity contribution in [3.8, 4) is 5.75 Å². The zero-order chi connectivity index (χ0) is 18.5. The molecule has 0 amide bonds. The van der Waals surface area contributed by atoms with Crippen LogP contribution in [0.3, 0.4) is 0 Å². The number of hydrogen-bond acceptors (Lipinski definition) is 3. The molecule has 2 aromatic rings. The number of carbonyl (C=O) groups excluding carboxylic acids is 1. The Kier molecular flexibility index (Phi) is 5.57. The van der Waals surface area contributed by atoms with E-state index in [-0.39, 0.29) is 5.97 Å². The van der Waals surface area contributed by atoms with Gasteiger partial charge in [-0.2, -0.15) is 0 Å². The predicted octanol–water partition coefficient (Wildman–Crippen LogP) is 5.46. The number of ether oxygens (including phenoxy) is 2. The Labute approximate surface area is 155 Å². The predicted molar refractivity (Wildman–Crippen MR) is 105 cm³/mol. The van der Waals surface area contributed by atoms with Crippen LogP contribution < -0.4 is 4.74 Å². The maximum atomic E-state index is 12.2. The van der Waals surface area contributed by atoms with Crippen molar-refractivity contribution in [2.75, 3.05) is 6.61 Å². The molecule has 0 saturated heterocycles. The molecule has 0 N–H and O–H groups in total. The van der Waals surface area contributed by atoms with E-state index < -0.39 is 0 Å². The van der Waals surface area contributed by atoms with E-state index >= 15 is 0 Å². The van der Waals surface area contributed by atoms with Gasteiger partial charge in [0.2, 0.25) is 0 Å². The highest BCUT2D eigenvalue weighted by Gasteiger charge is 2.23. The normalized spacial score (nSPS) is 15.1. The number of rotatable bonds is 6. The Morgan fingerprint density at radius 3 is 2.58 bits per heavy atom. The van der Waals surface area contributed by atoms with Crippen LogP contribution in [-0.2, 0) is 9.53 Å². The lowest BCUT2D eigenvalue weighted by molar-refractivity contribution is -0.130. The summed E-state index contributed by atoms with van der Waals surface area (Å²) in [6, 6.07) is 13.9. The molecular formula is C23H24O3. The molecule has 3 heteroatoms. The lowest BCUT2D eigenvalue weighted by Crippen LogP contribution is -1.98. The zero-order valence-corrected chi connectivity index (χ0v) is 15.5. The van der Waals surface area contributed by atoms with Gasteiger partial charge in [0.25, 0.3) is 0 Å². The molecule has 1 aliphatic rings. The molecule has 1 aliphatic heterocycles. The number of esters is 1. The van der Waals surface area contributed by atoms with Crippen molar-refractivity contribution in [3.63, 3.8) is 0 Å². The maximum absolute atomic E-state index is 12.2. The van der Waals surface area contributed by atoms with Crippen molar-refractivity contribution in [2.24, 2.45) is 0 Å². The van der Waals surface area contributed by atoms with Crippen LogP contribution >= 0.6 is 0 Å². The van der Waals surface area contributed by atoms with Crippen molar-refractivity contribution in [1.29, 1.82) is 0 Å². The van der Waals surface area contributed by atoms with Crippen LogP contribution in [0.2, 0.25) is 0 Å². The number of unbranched alkanes of at least 4 members (excludes halogenated alkanes) is 1. The summed E-state index contributed by atoms with van der Waals surface area (Å²) >= 11 is 0. The van der Waals surface area contributed by atoms with Gasteiger partial charge in [0.05, 0.1) is 12.2 Å². The third-order valence-corrected chi connectivity index (χ3v) is 4.35. The van der Waals surface area contributed by atoms with Gasteiger partial charge in [0.1, 0.15) is 11.5 Å². The van der Waals surface area contributed by atoms with E-state index in [1.807, 2.05) is 62.4 Å². The van der Waals surface area contributed by atoms with Crippen LogP contribution in [-0.4, -0.2) is 12.6 Å². The Morgan fingerprint density at radius 2 is 1.85 bits per heavy atom. The third kappa shape index (κ3) is 4.23. The van der Waals surface area contributed by atoms with E-state index in [0.29, 0.717) is 11.3 Å². The SMILES string of the molecule is CCCCOc1ccc(/C=C2\C=C(c3cc(C)ccc3C)OC2=O)cc1. The van der Waals surface area contributed by atoms with E-state index in [2.05, 4.69) is 13.0 Å². The highest BCUT2D eigenvalue weighted by atomic mass is 16.5. The molecule has 2 aromatic carbocycles. The molecule has 0 aromatic heterocycles. The average Bonchev–Trinajstić information content (AvgIpc) is 2.99. The minimum atomic E-state index is -0.316. The molecule has 0 atom stereocenters. The van der Waals surface area contributed by atoms with Gasteiger partial charge in [-0.1, -0.05) is 43.2 Å². The molecule has 3 rings (SSSR count). The van der Waals surface area contributed by atoms with E-state index in [1.165, 1.54) is 0 Å². The van der Waals surface area contributed by atoms with E-state index in [4.69, 9.17) is 9.47 Å². The standard InChI is InChI=1S/C23H24O3/c1-4-5-12-25-20-10-8-18(9-11-20)14-19-15-22(26-23(19)24)21-13-16(2)6-7-17(21)3/h6-11,13-15H,4-5,12H2,1-3H3/b19-14+. The minimum Gasteiger partial charge on any atom is -0.494 e. The molecule has 0 unspecified atom stereocenters. The second kappa shape index (κ2) is 8.05. The highest BCUT2D eigenvalue weighted by Crippen LogP contribution is 2.30.